The third-order valence-corrected chi connectivity index (χ3v) is 4.67. The molecule has 0 aliphatic heterocycles. The van der Waals surface area contributed by atoms with Gasteiger partial charge in [-0.25, -0.2) is 4.98 Å². The molecule has 0 bridgehead atoms. The van der Waals surface area contributed by atoms with Gasteiger partial charge in [-0.05, 0) is 18.2 Å². The van der Waals surface area contributed by atoms with Crippen LogP contribution >= 0.6 is 11.3 Å². The van der Waals surface area contributed by atoms with E-state index in [2.05, 4.69) is 4.98 Å². The summed E-state index contributed by atoms with van der Waals surface area (Å²) in [5.41, 5.74) is 2.55. The van der Waals surface area contributed by atoms with E-state index in [9.17, 15) is 31.1 Å². The summed E-state index contributed by atoms with van der Waals surface area (Å²) >= 11 is 0.613. The number of nitrogens with zero attached hydrogens (tertiary/aromatic N) is 1. The monoisotopic (exact) mass is 416 g/mol. The van der Waals surface area contributed by atoms with Crippen molar-refractivity contribution in [2.24, 2.45) is 0 Å². The fraction of sp³-hybridized carbons (Fsp3) is 0.111. The van der Waals surface area contributed by atoms with Gasteiger partial charge in [-0.3, -0.25) is 4.79 Å². The van der Waals surface area contributed by atoms with Crippen LogP contribution in [0.3, 0.4) is 0 Å². The van der Waals surface area contributed by atoms with Gasteiger partial charge in [0.15, 0.2) is 5.13 Å². The van der Waals surface area contributed by atoms with Crippen molar-refractivity contribution in [2.75, 3.05) is 5.73 Å². The lowest BCUT2D eigenvalue weighted by Crippen LogP contribution is -2.13. The van der Waals surface area contributed by atoms with E-state index in [0.717, 1.165) is 36.4 Å². The number of benzene rings is 2. The van der Waals surface area contributed by atoms with Crippen LogP contribution in [0.5, 0.6) is 0 Å². The van der Waals surface area contributed by atoms with Crippen molar-refractivity contribution >= 4 is 22.3 Å². The normalized spacial score (nSPS) is 12.2. The molecule has 3 nitrogen and oxygen atoms in total. The number of hydrogen-bond donors (Lipinski definition) is 1. The van der Waals surface area contributed by atoms with E-state index in [-0.39, 0.29) is 21.3 Å². The first kappa shape index (κ1) is 19.9. The number of aromatic nitrogens is 1. The van der Waals surface area contributed by atoms with Crippen molar-refractivity contribution in [3.05, 3.63) is 70.1 Å². The number of carbonyl (C=O) groups excluding carboxylic acids is 1. The average molecular weight is 416 g/mol. The maximum Gasteiger partial charge on any atom is 0.417 e. The predicted octanol–water partition coefficient (Wildman–Crippen LogP) is 5.66. The molecule has 10 heteroatoms. The third-order valence-electron chi connectivity index (χ3n) is 3.79. The first-order valence-corrected chi connectivity index (χ1v) is 8.45. The van der Waals surface area contributed by atoms with Gasteiger partial charge in [-0.2, -0.15) is 26.3 Å². The van der Waals surface area contributed by atoms with Crippen molar-refractivity contribution < 1.29 is 31.1 Å². The quantitative estimate of drug-likeness (QED) is 0.443. The molecule has 0 radical (unpaired) electrons. The number of carbonyl (C=O) groups is 1. The van der Waals surface area contributed by atoms with Crippen LogP contribution in [0, 0.1) is 0 Å². The zero-order chi connectivity index (χ0) is 20.7. The number of halogens is 6. The van der Waals surface area contributed by atoms with E-state index in [1.54, 1.807) is 0 Å². The fourth-order valence-corrected chi connectivity index (χ4v) is 3.39. The highest BCUT2D eigenvalue weighted by molar-refractivity contribution is 7.18. The molecule has 0 unspecified atom stereocenters. The van der Waals surface area contributed by atoms with E-state index in [1.165, 1.54) is 12.1 Å². The minimum Gasteiger partial charge on any atom is -0.375 e. The van der Waals surface area contributed by atoms with Crippen molar-refractivity contribution in [2.45, 2.75) is 12.4 Å². The number of anilines is 1. The summed E-state index contributed by atoms with van der Waals surface area (Å²) in [6.07, 6.45) is -9.41. The summed E-state index contributed by atoms with van der Waals surface area (Å²) in [7, 11) is 0. The second-order valence-corrected chi connectivity index (χ2v) is 6.71. The summed E-state index contributed by atoms with van der Waals surface area (Å²) in [5, 5.41) is -0.153. The highest BCUT2D eigenvalue weighted by Gasteiger charge is 2.36. The lowest BCUT2D eigenvalue weighted by molar-refractivity contribution is -0.138. The number of nitrogen functional groups attached to an aromatic ring is 1. The second-order valence-electron chi connectivity index (χ2n) is 5.68. The number of hydrogen-bond acceptors (Lipinski definition) is 4. The summed E-state index contributed by atoms with van der Waals surface area (Å²) in [4.78, 5) is 16.4. The smallest absolute Gasteiger partial charge is 0.375 e. The van der Waals surface area contributed by atoms with Crippen molar-refractivity contribution in [3.8, 4) is 11.3 Å². The van der Waals surface area contributed by atoms with Crippen molar-refractivity contribution in [3.63, 3.8) is 0 Å². The Morgan fingerprint density at radius 2 is 1.61 bits per heavy atom. The third kappa shape index (κ3) is 3.86. The Labute approximate surface area is 158 Å². The lowest BCUT2D eigenvalue weighted by atomic mass is 9.99. The van der Waals surface area contributed by atoms with Crippen LogP contribution in [0.2, 0.25) is 0 Å². The number of alkyl halides is 6. The molecule has 0 atom stereocenters. The Morgan fingerprint density at radius 1 is 0.929 bits per heavy atom. The Morgan fingerprint density at radius 3 is 2.25 bits per heavy atom. The van der Waals surface area contributed by atoms with Crippen LogP contribution < -0.4 is 5.73 Å². The van der Waals surface area contributed by atoms with Gasteiger partial charge in [0.2, 0.25) is 5.78 Å². The van der Waals surface area contributed by atoms with Crippen LogP contribution in [-0.4, -0.2) is 10.8 Å². The molecule has 0 aliphatic carbocycles. The molecular formula is C18H10F6N2OS. The molecule has 1 heterocycles. The molecule has 0 aliphatic rings. The minimum atomic E-state index is -4.78. The topological polar surface area (TPSA) is 56.0 Å². The summed E-state index contributed by atoms with van der Waals surface area (Å²) in [5.74, 6) is -1.02. The molecule has 0 spiro atoms. The van der Waals surface area contributed by atoms with Crippen LogP contribution in [0.4, 0.5) is 31.5 Å². The van der Waals surface area contributed by atoms with Crippen LogP contribution in [0.25, 0.3) is 11.3 Å². The van der Waals surface area contributed by atoms with Gasteiger partial charge < -0.3 is 5.73 Å². The molecule has 0 saturated carbocycles. The van der Waals surface area contributed by atoms with E-state index in [0.29, 0.717) is 11.3 Å². The molecule has 146 valence electrons. The highest BCUT2D eigenvalue weighted by Crippen LogP contribution is 2.38. The lowest BCUT2D eigenvalue weighted by Gasteiger charge is -2.12. The summed E-state index contributed by atoms with van der Waals surface area (Å²) in [6, 6.07) is 8.13. The Bertz CT molecular complexity index is 1040. The van der Waals surface area contributed by atoms with Gasteiger partial charge in [0.1, 0.15) is 4.88 Å². The van der Waals surface area contributed by atoms with Gasteiger partial charge in [0.05, 0.1) is 16.8 Å². The van der Waals surface area contributed by atoms with Gasteiger partial charge in [-0.15, -0.1) is 0 Å². The number of thiazole rings is 1. The van der Waals surface area contributed by atoms with Crippen LogP contribution in [0.1, 0.15) is 26.4 Å². The largest absolute Gasteiger partial charge is 0.417 e. The van der Waals surface area contributed by atoms with Crippen LogP contribution in [-0.2, 0) is 12.4 Å². The first-order valence-electron chi connectivity index (χ1n) is 7.63. The molecule has 28 heavy (non-hydrogen) atoms. The van der Waals surface area contributed by atoms with E-state index in [4.69, 9.17) is 5.73 Å². The molecular weight excluding hydrogens is 406 g/mol. The zero-order valence-electron chi connectivity index (χ0n) is 13.7. The fourth-order valence-electron chi connectivity index (χ4n) is 2.58. The maximum atomic E-state index is 13.2. The standard InChI is InChI=1S/C18H10F6N2OS/c19-17(20,21)10-5-3-4-9(8-10)13-15(28-16(25)26-13)14(27)11-6-1-2-7-12(11)18(22,23)24/h1-8H,(H2,25,26). The van der Waals surface area contributed by atoms with E-state index < -0.39 is 34.8 Å². The Hall–Kier alpha value is -2.88. The molecule has 0 saturated heterocycles. The maximum absolute atomic E-state index is 13.2. The molecule has 3 aromatic rings. The van der Waals surface area contributed by atoms with Crippen LogP contribution in [0.15, 0.2) is 48.5 Å². The van der Waals surface area contributed by atoms with Gasteiger partial charge in [-0.1, -0.05) is 41.7 Å². The van der Waals surface area contributed by atoms with Crippen molar-refractivity contribution in [1.29, 1.82) is 0 Å². The van der Waals surface area contributed by atoms with E-state index >= 15 is 0 Å². The van der Waals surface area contributed by atoms with Gasteiger partial charge in [0.25, 0.3) is 0 Å². The SMILES string of the molecule is Nc1nc(-c2cccc(C(F)(F)F)c2)c(C(=O)c2ccccc2C(F)(F)F)s1. The zero-order valence-corrected chi connectivity index (χ0v) is 14.5. The van der Waals surface area contributed by atoms with E-state index in [1.807, 2.05) is 0 Å². The Balaban J connectivity index is 2.14. The second kappa shape index (κ2) is 6.93. The minimum absolute atomic E-state index is 0.0735. The number of rotatable bonds is 3. The van der Waals surface area contributed by atoms with Gasteiger partial charge in [0, 0.05) is 11.1 Å². The molecule has 0 amide bonds. The molecule has 1 aromatic heterocycles. The number of nitrogens with two attached hydrogens (primary N) is 1. The predicted molar refractivity (Wildman–Crippen MR) is 91.8 cm³/mol. The molecule has 3 rings (SSSR count). The number of ketones is 1. The molecule has 2 aromatic carbocycles. The highest BCUT2D eigenvalue weighted by atomic mass is 32.1. The molecule has 0 fully saturated rings. The Kier molecular flexibility index (Phi) is 4.92. The van der Waals surface area contributed by atoms with Crippen molar-refractivity contribution in [1.82, 2.24) is 4.98 Å². The average Bonchev–Trinajstić information content (AvgIpc) is 3.01. The first-order chi connectivity index (χ1) is 13.0. The summed E-state index contributed by atoms with van der Waals surface area (Å²) < 4.78 is 78.6. The van der Waals surface area contributed by atoms with Gasteiger partial charge >= 0.3 is 12.4 Å². The molecule has 2 N–H and O–H groups in total. The summed E-state index contributed by atoms with van der Waals surface area (Å²) in [6.45, 7) is 0.